The number of aliphatic hydroxyl groups is 1. The molecular formula is C14H22N2O2S. The third-order valence-electron chi connectivity index (χ3n) is 3.66. The molecule has 1 aliphatic heterocycles. The summed E-state index contributed by atoms with van der Waals surface area (Å²) in [5.74, 6) is 0.781. The van der Waals surface area contributed by atoms with Gasteiger partial charge in [0.15, 0.2) is 0 Å². The lowest BCUT2D eigenvalue weighted by molar-refractivity contribution is -0.123. The largest absolute Gasteiger partial charge is 0.387 e. The number of hydrogen-bond acceptors (Lipinski definition) is 4. The maximum atomic E-state index is 11.8. The summed E-state index contributed by atoms with van der Waals surface area (Å²) in [6.07, 6.45) is 1.74. The van der Waals surface area contributed by atoms with Gasteiger partial charge >= 0.3 is 0 Å². The Morgan fingerprint density at radius 3 is 2.95 bits per heavy atom. The number of carbonyl (C=O) groups excluding carboxylic acids is 1. The van der Waals surface area contributed by atoms with E-state index in [1.54, 1.807) is 11.3 Å². The van der Waals surface area contributed by atoms with Crippen molar-refractivity contribution in [1.82, 2.24) is 10.2 Å². The smallest absolute Gasteiger partial charge is 0.234 e. The predicted octanol–water partition coefficient (Wildman–Crippen LogP) is 1.63. The van der Waals surface area contributed by atoms with Crippen molar-refractivity contribution in [2.24, 2.45) is 5.92 Å². The third-order valence-corrected chi connectivity index (χ3v) is 4.37. The van der Waals surface area contributed by atoms with Gasteiger partial charge in [0.1, 0.15) is 0 Å². The number of thiophene rings is 1. The molecule has 2 heterocycles. The van der Waals surface area contributed by atoms with E-state index in [1.165, 1.54) is 12.8 Å². The summed E-state index contributed by atoms with van der Waals surface area (Å²) < 4.78 is 0. The van der Waals surface area contributed by atoms with Crippen LogP contribution >= 0.6 is 11.3 Å². The van der Waals surface area contributed by atoms with Crippen LogP contribution in [0.15, 0.2) is 16.8 Å². The predicted molar refractivity (Wildman–Crippen MR) is 77.1 cm³/mol. The molecule has 106 valence electrons. The fourth-order valence-corrected chi connectivity index (χ4v) is 2.98. The SMILES string of the molecule is CC1CCN(CC(=O)NCC(O)c2ccsc2)CC1. The Bertz CT molecular complexity index is 386. The first-order chi connectivity index (χ1) is 9.15. The Hall–Kier alpha value is -0.910. The molecule has 1 aliphatic rings. The van der Waals surface area contributed by atoms with Crippen LogP contribution in [0.5, 0.6) is 0 Å². The van der Waals surface area contributed by atoms with Crippen LogP contribution in [0.1, 0.15) is 31.4 Å². The molecule has 1 aromatic heterocycles. The van der Waals surface area contributed by atoms with Crippen LogP contribution in [0.25, 0.3) is 0 Å². The summed E-state index contributed by atoms with van der Waals surface area (Å²) in [6.45, 7) is 5.00. The van der Waals surface area contributed by atoms with Crippen molar-refractivity contribution in [3.8, 4) is 0 Å². The van der Waals surface area contributed by atoms with Crippen LogP contribution in [0, 0.1) is 5.92 Å². The van der Waals surface area contributed by atoms with E-state index in [9.17, 15) is 9.90 Å². The molecule has 0 spiro atoms. The highest BCUT2D eigenvalue weighted by Gasteiger charge is 2.18. The minimum atomic E-state index is -0.600. The number of piperidine rings is 1. The molecule has 1 atom stereocenters. The summed E-state index contributed by atoms with van der Waals surface area (Å²) >= 11 is 1.55. The van der Waals surface area contributed by atoms with E-state index in [0.717, 1.165) is 24.6 Å². The molecule has 1 saturated heterocycles. The van der Waals surface area contributed by atoms with E-state index in [-0.39, 0.29) is 5.91 Å². The van der Waals surface area contributed by atoms with Gasteiger partial charge in [-0.1, -0.05) is 6.92 Å². The number of hydrogen-bond donors (Lipinski definition) is 2. The topological polar surface area (TPSA) is 52.6 Å². The highest BCUT2D eigenvalue weighted by molar-refractivity contribution is 7.07. The Morgan fingerprint density at radius 2 is 2.32 bits per heavy atom. The standard InChI is InChI=1S/C14H22N2O2S/c1-11-2-5-16(6-3-11)9-14(18)15-8-13(17)12-4-7-19-10-12/h4,7,10-11,13,17H,2-3,5-6,8-9H2,1H3,(H,15,18). The average molecular weight is 282 g/mol. The molecule has 2 N–H and O–H groups in total. The van der Waals surface area contributed by atoms with Crippen molar-refractivity contribution in [3.05, 3.63) is 22.4 Å². The number of likely N-dealkylation sites (tertiary alicyclic amines) is 1. The number of nitrogens with zero attached hydrogens (tertiary/aromatic N) is 1. The Kier molecular flexibility index (Phi) is 5.36. The first-order valence-electron chi connectivity index (χ1n) is 6.84. The number of nitrogens with one attached hydrogen (secondary N) is 1. The molecule has 0 aliphatic carbocycles. The molecule has 0 saturated carbocycles. The molecule has 5 heteroatoms. The molecule has 0 aromatic carbocycles. The summed E-state index contributed by atoms with van der Waals surface area (Å²) in [5.41, 5.74) is 0.872. The van der Waals surface area contributed by atoms with Gasteiger partial charge in [-0.25, -0.2) is 0 Å². The number of amides is 1. The van der Waals surface area contributed by atoms with Gasteiger partial charge in [-0.3, -0.25) is 9.69 Å². The van der Waals surface area contributed by atoms with Crippen molar-refractivity contribution in [2.75, 3.05) is 26.2 Å². The van der Waals surface area contributed by atoms with Crippen LogP contribution in [0.4, 0.5) is 0 Å². The Labute approximate surface area is 118 Å². The summed E-state index contributed by atoms with van der Waals surface area (Å²) in [7, 11) is 0. The van der Waals surface area contributed by atoms with Crippen LogP contribution in [-0.4, -0.2) is 42.1 Å². The monoisotopic (exact) mass is 282 g/mol. The van der Waals surface area contributed by atoms with E-state index in [1.807, 2.05) is 16.8 Å². The molecule has 1 unspecified atom stereocenters. The zero-order valence-electron chi connectivity index (χ0n) is 11.3. The average Bonchev–Trinajstić information content (AvgIpc) is 2.93. The van der Waals surface area contributed by atoms with Crippen LogP contribution in [0.2, 0.25) is 0 Å². The van der Waals surface area contributed by atoms with E-state index in [4.69, 9.17) is 0 Å². The molecule has 19 heavy (non-hydrogen) atoms. The van der Waals surface area contributed by atoms with E-state index in [2.05, 4.69) is 17.1 Å². The first kappa shape index (κ1) is 14.5. The number of aliphatic hydroxyl groups excluding tert-OH is 1. The second-order valence-electron chi connectivity index (χ2n) is 5.34. The quantitative estimate of drug-likeness (QED) is 0.863. The Balaban J connectivity index is 1.67. The minimum Gasteiger partial charge on any atom is -0.387 e. The Morgan fingerprint density at radius 1 is 1.58 bits per heavy atom. The number of rotatable bonds is 5. The maximum absolute atomic E-state index is 11.8. The zero-order chi connectivity index (χ0) is 13.7. The summed E-state index contributed by atoms with van der Waals surface area (Å²) in [5, 5.41) is 16.5. The van der Waals surface area contributed by atoms with Crippen LogP contribution in [-0.2, 0) is 4.79 Å². The molecule has 1 aromatic rings. The summed E-state index contributed by atoms with van der Waals surface area (Å²) in [4.78, 5) is 14.0. The van der Waals surface area contributed by atoms with E-state index in [0.29, 0.717) is 13.1 Å². The first-order valence-corrected chi connectivity index (χ1v) is 7.78. The van der Waals surface area contributed by atoms with Crippen molar-refractivity contribution in [2.45, 2.75) is 25.9 Å². The fourth-order valence-electron chi connectivity index (χ4n) is 2.27. The van der Waals surface area contributed by atoms with Gasteiger partial charge in [-0.15, -0.1) is 0 Å². The molecule has 1 fully saturated rings. The van der Waals surface area contributed by atoms with Crippen molar-refractivity contribution in [3.63, 3.8) is 0 Å². The molecule has 2 rings (SSSR count). The van der Waals surface area contributed by atoms with Crippen LogP contribution in [0.3, 0.4) is 0 Å². The van der Waals surface area contributed by atoms with Crippen molar-refractivity contribution in [1.29, 1.82) is 0 Å². The van der Waals surface area contributed by atoms with Gasteiger partial charge < -0.3 is 10.4 Å². The molecule has 1 amide bonds. The molecule has 4 nitrogen and oxygen atoms in total. The molecule has 0 bridgehead atoms. The van der Waals surface area contributed by atoms with Gasteiger partial charge in [0.2, 0.25) is 5.91 Å². The van der Waals surface area contributed by atoms with Gasteiger partial charge in [-0.2, -0.15) is 11.3 Å². The highest BCUT2D eigenvalue weighted by atomic mass is 32.1. The normalized spacial score (nSPS) is 19.3. The van der Waals surface area contributed by atoms with Gasteiger partial charge in [-0.05, 0) is 54.2 Å². The lowest BCUT2D eigenvalue weighted by Gasteiger charge is -2.29. The molecule has 0 radical (unpaired) electrons. The third kappa shape index (κ3) is 4.60. The maximum Gasteiger partial charge on any atom is 0.234 e. The highest BCUT2D eigenvalue weighted by Crippen LogP contribution is 2.16. The lowest BCUT2D eigenvalue weighted by atomic mass is 9.99. The fraction of sp³-hybridized carbons (Fsp3) is 0.643. The number of carbonyl (C=O) groups is 1. The second-order valence-corrected chi connectivity index (χ2v) is 6.12. The molecular weight excluding hydrogens is 260 g/mol. The second kappa shape index (κ2) is 7.03. The van der Waals surface area contributed by atoms with E-state index >= 15 is 0 Å². The van der Waals surface area contributed by atoms with E-state index < -0.39 is 6.10 Å². The van der Waals surface area contributed by atoms with Gasteiger partial charge in [0.05, 0.1) is 12.6 Å². The van der Waals surface area contributed by atoms with Gasteiger partial charge in [0.25, 0.3) is 0 Å². The van der Waals surface area contributed by atoms with Crippen molar-refractivity contribution >= 4 is 17.2 Å². The summed E-state index contributed by atoms with van der Waals surface area (Å²) in [6, 6.07) is 1.88. The van der Waals surface area contributed by atoms with Crippen LogP contribution < -0.4 is 5.32 Å². The zero-order valence-corrected chi connectivity index (χ0v) is 12.2. The van der Waals surface area contributed by atoms with Gasteiger partial charge in [0, 0.05) is 6.54 Å². The minimum absolute atomic E-state index is 0.00355. The lowest BCUT2D eigenvalue weighted by Crippen LogP contribution is -2.42. The van der Waals surface area contributed by atoms with Crippen molar-refractivity contribution < 1.29 is 9.90 Å².